The highest BCUT2D eigenvalue weighted by Gasteiger charge is 2.42. The van der Waals surface area contributed by atoms with Crippen molar-refractivity contribution < 1.29 is 23.4 Å². The number of rotatable bonds is 14. The molecule has 0 radical (unpaired) electrons. The van der Waals surface area contributed by atoms with E-state index in [2.05, 4.69) is 33.9 Å². The molecule has 9 nitrogen and oxygen atoms in total. The van der Waals surface area contributed by atoms with E-state index in [1.165, 1.54) is 18.0 Å². The number of furan rings is 1. The molecule has 5 aromatic rings. The fourth-order valence-electron chi connectivity index (χ4n) is 6.16. The summed E-state index contributed by atoms with van der Waals surface area (Å²) in [5.41, 5.74) is 5.79. The molecule has 1 unspecified atom stereocenters. The number of nitrogens with one attached hydrogen (secondary N) is 2. The van der Waals surface area contributed by atoms with Crippen LogP contribution in [0.15, 0.2) is 70.0 Å². The van der Waals surface area contributed by atoms with Crippen molar-refractivity contribution in [2.24, 2.45) is 5.41 Å². The van der Waals surface area contributed by atoms with Gasteiger partial charge in [-0.15, -0.1) is 0 Å². The summed E-state index contributed by atoms with van der Waals surface area (Å²) >= 11 is 1.23. The van der Waals surface area contributed by atoms with Gasteiger partial charge in [0.05, 0.1) is 17.0 Å². The highest BCUT2D eigenvalue weighted by Crippen LogP contribution is 2.49. The van der Waals surface area contributed by atoms with Crippen molar-refractivity contribution in [3.63, 3.8) is 0 Å². The van der Waals surface area contributed by atoms with E-state index in [9.17, 15) is 9.90 Å². The molecule has 2 aliphatic rings. The fraction of sp³-hybridized carbons (Fsp3) is 0.368. The van der Waals surface area contributed by atoms with Gasteiger partial charge in [-0.2, -0.15) is 4.98 Å². The van der Waals surface area contributed by atoms with Crippen LogP contribution in [-0.4, -0.2) is 38.7 Å². The first-order valence-electron chi connectivity index (χ1n) is 16.6. The van der Waals surface area contributed by atoms with E-state index in [0.29, 0.717) is 45.8 Å². The third-order valence-electron chi connectivity index (χ3n) is 9.74. The summed E-state index contributed by atoms with van der Waals surface area (Å²) in [5.74, 6) is 0.216. The van der Waals surface area contributed by atoms with Crippen LogP contribution in [0.1, 0.15) is 78.9 Å². The van der Waals surface area contributed by atoms with Crippen molar-refractivity contribution >= 4 is 35.0 Å². The van der Waals surface area contributed by atoms with Gasteiger partial charge in [-0.3, -0.25) is 4.72 Å². The van der Waals surface area contributed by atoms with Crippen molar-refractivity contribution in [2.45, 2.75) is 82.7 Å². The van der Waals surface area contributed by atoms with Crippen LogP contribution >= 0.6 is 11.9 Å². The largest absolute Gasteiger partial charge is 0.478 e. The maximum absolute atomic E-state index is 15.2. The van der Waals surface area contributed by atoms with Gasteiger partial charge in [-0.25, -0.2) is 19.2 Å². The number of nitrogens with zero attached hydrogens (tertiary/aromatic N) is 3. The average Bonchev–Trinajstić information content (AvgIpc) is 3.96. The molecule has 0 saturated heterocycles. The Hall–Kier alpha value is -4.48. The monoisotopic (exact) mass is 681 g/mol. The number of hydrogen-bond donors (Lipinski definition) is 3. The topological polar surface area (TPSA) is 122 Å². The molecule has 7 rings (SSSR count). The Bertz CT molecular complexity index is 2020. The Morgan fingerprint density at radius 3 is 2.49 bits per heavy atom. The Morgan fingerprint density at radius 2 is 1.78 bits per heavy atom. The van der Waals surface area contributed by atoms with Gasteiger partial charge in [-0.05, 0) is 92.6 Å². The second-order valence-electron chi connectivity index (χ2n) is 14.1. The predicted octanol–water partition coefficient (Wildman–Crippen LogP) is 8.64. The van der Waals surface area contributed by atoms with E-state index in [4.69, 9.17) is 14.1 Å². The molecular weight excluding hydrogens is 642 g/mol. The van der Waals surface area contributed by atoms with E-state index < -0.39 is 11.8 Å². The van der Waals surface area contributed by atoms with Gasteiger partial charge < -0.3 is 19.6 Å². The van der Waals surface area contributed by atoms with Crippen LogP contribution in [0.4, 0.5) is 10.3 Å². The average molecular weight is 682 g/mol. The lowest BCUT2D eigenvalue weighted by Crippen LogP contribution is -2.36. The van der Waals surface area contributed by atoms with Crippen molar-refractivity contribution in [2.75, 3.05) is 11.3 Å². The minimum absolute atomic E-state index is 0.0377. The highest BCUT2D eigenvalue weighted by molar-refractivity contribution is 8.00. The minimum atomic E-state index is -0.993. The molecule has 0 bridgehead atoms. The lowest BCUT2D eigenvalue weighted by Gasteiger charge is -2.22. The molecule has 1 atom stereocenters. The first kappa shape index (κ1) is 33.0. The molecule has 0 spiro atoms. The normalized spacial score (nSPS) is 16.3. The van der Waals surface area contributed by atoms with Crippen LogP contribution in [0, 0.1) is 25.1 Å². The van der Waals surface area contributed by atoms with Crippen LogP contribution < -0.4 is 14.8 Å². The molecule has 3 aromatic heterocycles. The Balaban J connectivity index is 1.11. The number of aromatic nitrogens is 3. The number of aromatic carboxylic acids is 1. The Morgan fingerprint density at radius 1 is 1.02 bits per heavy atom. The third kappa shape index (κ3) is 7.58. The number of ether oxygens (including phenoxy) is 1. The number of carboxylic acids is 1. The van der Waals surface area contributed by atoms with Crippen LogP contribution in [-0.2, 0) is 12.0 Å². The molecule has 3 heterocycles. The summed E-state index contributed by atoms with van der Waals surface area (Å²) in [6, 6.07) is 17.9. The van der Waals surface area contributed by atoms with Gasteiger partial charge in [-0.1, -0.05) is 38.1 Å². The number of hydrogen-bond acceptors (Lipinski definition) is 9. The van der Waals surface area contributed by atoms with Crippen LogP contribution in [0.2, 0.25) is 0 Å². The van der Waals surface area contributed by atoms with Crippen molar-refractivity contribution in [1.82, 2.24) is 20.3 Å². The smallest absolute Gasteiger partial charge is 0.335 e. The van der Waals surface area contributed by atoms with E-state index in [-0.39, 0.29) is 29.0 Å². The van der Waals surface area contributed by atoms with E-state index >= 15 is 4.39 Å². The number of aryl methyl sites for hydroxylation is 2. The molecule has 11 heteroatoms. The van der Waals surface area contributed by atoms with E-state index in [1.54, 1.807) is 18.2 Å². The SMILES string of the molecule is Cc1cccc(C)c1-c1cc(OCC(CC2(C)CC2)NCc2nc3cc(C4(C)CC4)oc3cc2F)nc(NSc2cccc(C(=O)O)c2)n1. The maximum Gasteiger partial charge on any atom is 0.335 e. The van der Waals surface area contributed by atoms with Gasteiger partial charge >= 0.3 is 5.97 Å². The zero-order valence-corrected chi connectivity index (χ0v) is 28.9. The highest BCUT2D eigenvalue weighted by atomic mass is 32.2. The van der Waals surface area contributed by atoms with Crippen LogP contribution in [0.3, 0.4) is 0 Å². The zero-order valence-electron chi connectivity index (χ0n) is 28.1. The maximum atomic E-state index is 15.2. The van der Waals surface area contributed by atoms with Crippen molar-refractivity contribution in [3.05, 3.63) is 94.6 Å². The lowest BCUT2D eigenvalue weighted by molar-refractivity contribution is 0.0696. The van der Waals surface area contributed by atoms with Gasteiger partial charge in [0.2, 0.25) is 11.8 Å². The second-order valence-corrected chi connectivity index (χ2v) is 15.0. The first-order valence-corrected chi connectivity index (χ1v) is 17.5. The first-order chi connectivity index (χ1) is 23.5. The fourth-order valence-corrected chi connectivity index (χ4v) is 6.79. The number of halogens is 1. The molecule has 254 valence electrons. The molecule has 49 heavy (non-hydrogen) atoms. The summed E-state index contributed by atoms with van der Waals surface area (Å²) in [4.78, 5) is 26.3. The summed E-state index contributed by atoms with van der Waals surface area (Å²) in [6.45, 7) is 9.07. The molecule has 2 aromatic carbocycles. The van der Waals surface area contributed by atoms with Gasteiger partial charge in [0.1, 0.15) is 23.7 Å². The molecule has 0 amide bonds. The second kappa shape index (κ2) is 13.1. The molecule has 0 aliphatic heterocycles. The van der Waals surface area contributed by atoms with Crippen LogP contribution in [0.5, 0.6) is 5.88 Å². The Labute approximate surface area is 289 Å². The van der Waals surface area contributed by atoms with E-state index in [0.717, 1.165) is 54.6 Å². The molecular formula is C38H40FN5O4S. The van der Waals surface area contributed by atoms with Crippen molar-refractivity contribution in [3.8, 4) is 17.1 Å². The summed E-state index contributed by atoms with van der Waals surface area (Å²) < 4.78 is 30.7. The zero-order chi connectivity index (χ0) is 34.3. The van der Waals surface area contributed by atoms with Crippen molar-refractivity contribution in [1.29, 1.82) is 0 Å². The summed E-state index contributed by atoms with van der Waals surface area (Å²) in [7, 11) is 0. The number of carbonyl (C=O) groups is 1. The minimum Gasteiger partial charge on any atom is -0.478 e. The third-order valence-corrected chi connectivity index (χ3v) is 10.5. The summed E-state index contributed by atoms with van der Waals surface area (Å²) in [5, 5.41) is 12.9. The number of pyridine rings is 1. The van der Waals surface area contributed by atoms with Gasteiger partial charge in [0.15, 0.2) is 5.58 Å². The van der Waals surface area contributed by atoms with Gasteiger partial charge in [0.25, 0.3) is 0 Å². The molecule has 2 fully saturated rings. The number of anilines is 1. The standard InChI is InChI=1S/C38H40FN5O4S/c1-22-7-5-8-23(2)34(22)29-18-33(43-36(42-29)44-49-26-10-6-9-24(15-26)35(45)46)47-21-25(19-37(3)11-12-37)40-20-30-27(39)16-31-28(41-30)17-32(48-31)38(4)13-14-38/h5-10,15-18,25,40H,11-14,19-21H2,1-4H3,(H,45,46)(H,42,43,44). The molecule has 3 N–H and O–H groups in total. The van der Waals surface area contributed by atoms with Gasteiger partial charge in [0, 0.05) is 46.7 Å². The van der Waals surface area contributed by atoms with E-state index in [1.807, 2.05) is 50.2 Å². The number of benzene rings is 2. The quantitative estimate of drug-likeness (QED) is 0.0982. The number of carboxylic acid groups (broad SMARTS) is 1. The molecule has 2 aliphatic carbocycles. The lowest BCUT2D eigenvalue weighted by atomic mass is 9.99. The van der Waals surface area contributed by atoms with Crippen LogP contribution in [0.25, 0.3) is 22.4 Å². The summed E-state index contributed by atoms with van der Waals surface area (Å²) in [6.07, 6.45) is 5.28. The number of fused-ring (bicyclic) bond motifs is 1. The Kier molecular flexibility index (Phi) is 8.83. The predicted molar refractivity (Wildman–Crippen MR) is 188 cm³/mol. The molecule has 2 saturated carbocycles.